The van der Waals surface area contributed by atoms with E-state index in [1.54, 1.807) is 7.11 Å². The van der Waals surface area contributed by atoms with E-state index < -0.39 is 0 Å². The lowest BCUT2D eigenvalue weighted by atomic mass is 10.0. The number of benzene rings is 1. The van der Waals surface area contributed by atoms with Gasteiger partial charge in [-0.25, -0.2) is 0 Å². The van der Waals surface area contributed by atoms with Crippen LogP contribution in [0, 0.1) is 0 Å². The summed E-state index contributed by atoms with van der Waals surface area (Å²) in [5.74, 6) is 1.36. The van der Waals surface area contributed by atoms with Crippen molar-refractivity contribution in [2.75, 3.05) is 7.11 Å². The SMILES string of the molecule is COc1ccccc1C(C)NCc1cn(C)nc1C(C)C. The molecule has 0 aliphatic carbocycles. The first-order chi connectivity index (χ1) is 10.0. The standard InChI is InChI=1S/C17H25N3O/c1-12(2)17-14(11-20(4)19-17)10-18-13(3)15-8-6-7-9-16(15)21-5/h6-9,11-13,18H,10H2,1-5H3. The molecule has 1 N–H and O–H groups in total. The van der Waals surface area contributed by atoms with Crippen LogP contribution in [0.4, 0.5) is 0 Å². The highest BCUT2D eigenvalue weighted by molar-refractivity contribution is 5.35. The molecule has 0 aliphatic heterocycles. The number of nitrogens with one attached hydrogen (secondary N) is 1. The van der Waals surface area contributed by atoms with Gasteiger partial charge in [0.1, 0.15) is 5.75 Å². The first-order valence-electron chi connectivity index (χ1n) is 7.41. The molecule has 0 saturated heterocycles. The zero-order valence-corrected chi connectivity index (χ0v) is 13.6. The summed E-state index contributed by atoms with van der Waals surface area (Å²) in [6.45, 7) is 7.31. The minimum atomic E-state index is 0.223. The van der Waals surface area contributed by atoms with Crippen LogP contribution in [0.15, 0.2) is 30.5 Å². The fourth-order valence-electron chi connectivity index (χ4n) is 2.57. The van der Waals surface area contributed by atoms with Crippen LogP contribution in [-0.2, 0) is 13.6 Å². The summed E-state index contributed by atoms with van der Waals surface area (Å²) >= 11 is 0. The van der Waals surface area contributed by atoms with Crippen molar-refractivity contribution in [3.05, 3.63) is 47.3 Å². The molecule has 0 saturated carbocycles. The van der Waals surface area contributed by atoms with Crippen molar-refractivity contribution >= 4 is 0 Å². The van der Waals surface area contributed by atoms with Crippen molar-refractivity contribution in [3.8, 4) is 5.75 Å². The largest absolute Gasteiger partial charge is 0.496 e. The Bertz CT molecular complexity index is 589. The number of aryl methyl sites for hydroxylation is 1. The molecule has 2 aromatic rings. The maximum atomic E-state index is 5.43. The smallest absolute Gasteiger partial charge is 0.123 e. The van der Waals surface area contributed by atoms with Gasteiger partial charge in [0, 0.05) is 37.0 Å². The van der Waals surface area contributed by atoms with Gasteiger partial charge >= 0.3 is 0 Å². The maximum absolute atomic E-state index is 5.43. The van der Waals surface area contributed by atoms with Gasteiger partial charge in [0.05, 0.1) is 12.8 Å². The van der Waals surface area contributed by atoms with E-state index in [1.165, 1.54) is 11.1 Å². The second kappa shape index (κ2) is 6.76. The van der Waals surface area contributed by atoms with Crippen LogP contribution >= 0.6 is 0 Å². The number of rotatable bonds is 6. The van der Waals surface area contributed by atoms with Gasteiger partial charge in [0.25, 0.3) is 0 Å². The molecule has 4 heteroatoms. The molecule has 2 rings (SSSR count). The molecule has 0 spiro atoms. The monoisotopic (exact) mass is 287 g/mol. The van der Waals surface area contributed by atoms with Gasteiger partial charge in [-0.1, -0.05) is 32.0 Å². The molecule has 21 heavy (non-hydrogen) atoms. The van der Waals surface area contributed by atoms with Gasteiger partial charge in [0.15, 0.2) is 0 Å². The number of methoxy groups -OCH3 is 1. The lowest BCUT2D eigenvalue weighted by Gasteiger charge is -2.17. The maximum Gasteiger partial charge on any atom is 0.123 e. The van der Waals surface area contributed by atoms with Crippen LogP contribution in [0.25, 0.3) is 0 Å². The summed E-state index contributed by atoms with van der Waals surface area (Å²) in [5, 5.41) is 8.11. The lowest BCUT2D eigenvalue weighted by molar-refractivity contribution is 0.401. The third kappa shape index (κ3) is 3.64. The number of aromatic nitrogens is 2. The highest BCUT2D eigenvalue weighted by atomic mass is 16.5. The predicted octanol–water partition coefficient (Wildman–Crippen LogP) is 3.40. The van der Waals surface area contributed by atoms with E-state index in [-0.39, 0.29) is 6.04 Å². The Morgan fingerprint density at radius 3 is 2.62 bits per heavy atom. The molecule has 0 radical (unpaired) electrons. The van der Waals surface area contributed by atoms with Crippen LogP contribution < -0.4 is 10.1 Å². The molecule has 4 nitrogen and oxygen atoms in total. The van der Waals surface area contributed by atoms with Crippen LogP contribution in [0.2, 0.25) is 0 Å². The van der Waals surface area contributed by atoms with Crippen molar-refractivity contribution in [1.82, 2.24) is 15.1 Å². The van der Waals surface area contributed by atoms with Gasteiger partial charge < -0.3 is 10.1 Å². The zero-order chi connectivity index (χ0) is 15.4. The van der Waals surface area contributed by atoms with E-state index in [4.69, 9.17) is 4.74 Å². The predicted molar refractivity (Wildman–Crippen MR) is 85.5 cm³/mol. The molecule has 0 fully saturated rings. The molecular formula is C17H25N3O. The van der Waals surface area contributed by atoms with Gasteiger partial charge in [-0.05, 0) is 18.9 Å². The topological polar surface area (TPSA) is 39.1 Å². The highest BCUT2D eigenvalue weighted by Crippen LogP contribution is 2.25. The van der Waals surface area contributed by atoms with Crippen molar-refractivity contribution in [3.63, 3.8) is 0 Å². The van der Waals surface area contributed by atoms with Crippen molar-refractivity contribution in [2.24, 2.45) is 7.05 Å². The average Bonchev–Trinajstić information content (AvgIpc) is 2.86. The second-order valence-electron chi connectivity index (χ2n) is 5.71. The van der Waals surface area contributed by atoms with Crippen molar-refractivity contribution in [1.29, 1.82) is 0 Å². The van der Waals surface area contributed by atoms with E-state index in [1.807, 2.05) is 29.9 Å². The Morgan fingerprint density at radius 2 is 1.95 bits per heavy atom. The minimum Gasteiger partial charge on any atom is -0.496 e. The van der Waals surface area contributed by atoms with Crippen molar-refractivity contribution in [2.45, 2.75) is 39.3 Å². The van der Waals surface area contributed by atoms with E-state index in [2.05, 4.69) is 43.4 Å². The summed E-state index contributed by atoms with van der Waals surface area (Å²) in [4.78, 5) is 0. The Labute approximate surface area is 127 Å². The van der Waals surface area contributed by atoms with E-state index in [0.29, 0.717) is 5.92 Å². The molecule has 1 aromatic heterocycles. The quantitative estimate of drug-likeness (QED) is 0.885. The number of hydrogen-bond acceptors (Lipinski definition) is 3. The van der Waals surface area contributed by atoms with E-state index in [0.717, 1.165) is 18.0 Å². The van der Waals surface area contributed by atoms with Gasteiger partial charge in [-0.15, -0.1) is 0 Å². The third-order valence-electron chi connectivity index (χ3n) is 3.69. The summed E-state index contributed by atoms with van der Waals surface area (Å²) in [7, 11) is 3.68. The fraction of sp³-hybridized carbons (Fsp3) is 0.471. The molecule has 1 heterocycles. The second-order valence-corrected chi connectivity index (χ2v) is 5.71. The zero-order valence-electron chi connectivity index (χ0n) is 13.6. The molecule has 0 bridgehead atoms. The summed E-state index contributed by atoms with van der Waals surface area (Å²) in [6.07, 6.45) is 2.09. The average molecular weight is 287 g/mol. The number of nitrogens with zero attached hydrogens (tertiary/aromatic N) is 2. The van der Waals surface area contributed by atoms with Crippen molar-refractivity contribution < 1.29 is 4.74 Å². The summed E-state index contributed by atoms with van der Waals surface area (Å²) < 4.78 is 7.32. The number of ether oxygens (including phenoxy) is 1. The van der Waals surface area contributed by atoms with Crippen LogP contribution in [0.3, 0.4) is 0 Å². The molecule has 114 valence electrons. The Kier molecular flexibility index (Phi) is 5.02. The number of para-hydroxylation sites is 1. The number of hydrogen-bond donors (Lipinski definition) is 1. The molecular weight excluding hydrogens is 262 g/mol. The van der Waals surface area contributed by atoms with Gasteiger partial charge in [0.2, 0.25) is 0 Å². The first kappa shape index (κ1) is 15.6. The molecule has 1 atom stereocenters. The molecule has 0 aliphatic rings. The summed E-state index contributed by atoms with van der Waals surface area (Å²) in [5.41, 5.74) is 3.60. The Morgan fingerprint density at radius 1 is 1.24 bits per heavy atom. The Hall–Kier alpha value is -1.81. The molecule has 1 aromatic carbocycles. The fourth-order valence-corrected chi connectivity index (χ4v) is 2.57. The third-order valence-corrected chi connectivity index (χ3v) is 3.69. The van der Waals surface area contributed by atoms with Crippen LogP contribution in [0.1, 0.15) is 49.6 Å². The highest BCUT2D eigenvalue weighted by Gasteiger charge is 2.14. The lowest BCUT2D eigenvalue weighted by Crippen LogP contribution is -2.19. The van der Waals surface area contributed by atoms with Gasteiger partial charge in [-0.2, -0.15) is 5.10 Å². The van der Waals surface area contributed by atoms with E-state index in [9.17, 15) is 0 Å². The van der Waals surface area contributed by atoms with Crippen LogP contribution in [-0.4, -0.2) is 16.9 Å². The van der Waals surface area contributed by atoms with Crippen LogP contribution in [0.5, 0.6) is 5.75 Å². The van der Waals surface area contributed by atoms with Gasteiger partial charge in [-0.3, -0.25) is 4.68 Å². The first-order valence-corrected chi connectivity index (χ1v) is 7.41. The Balaban J connectivity index is 2.09. The molecule has 1 unspecified atom stereocenters. The minimum absolute atomic E-state index is 0.223. The molecule has 0 amide bonds. The summed E-state index contributed by atoms with van der Waals surface area (Å²) in [6, 6.07) is 8.36. The normalized spacial score (nSPS) is 12.7. The van der Waals surface area contributed by atoms with E-state index >= 15 is 0 Å².